The van der Waals surface area contributed by atoms with E-state index in [0.717, 1.165) is 17.7 Å². The molecule has 4 heterocycles. The van der Waals surface area contributed by atoms with Crippen molar-refractivity contribution in [2.24, 2.45) is 17.6 Å². The molecule has 0 saturated carbocycles. The van der Waals surface area contributed by atoms with E-state index in [9.17, 15) is 34.8 Å². The lowest BCUT2D eigenvalue weighted by Gasteiger charge is -2.48. The number of phenolic OH excluding ortho intramolecular Hbond substituents is 1. The first kappa shape index (κ1) is 44.3. The lowest BCUT2D eigenvalue weighted by atomic mass is 9.77. The summed E-state index contributed by atoms with van der Waals surface area (Å²) in [4.78, 5) is 42.1. The molecule has 2 aromatic heterocycles. The molecular formula is C47H49N3O11S2. The standard InChI is InChI=1S/C47H49N3O11S2/c1-25-7-9-27(33-6-4-3-5-32(25)33)10-8-26(2)35-21-50-23-47(57)43(58-24-63-62-22-36(35)29-17-18-49-20-29)40(53)42(45(55)56)61-46(47)59-31-15-16-34-37(19-31)60-41(44(48)54)38(39(34)52)28-11-13-30(51)14-12-28/h3-7,9-20,25-26,35-36,40,42-43,46,49-51,53,57H,8,21-24H2,1-2H3,(H2,48,54)(H,55,56). The zero-order chi connectivity index (χ0) is 44.4. The van der Waals surface area contributed by atoms with Gasteiger partial charge in [0.1, 0.15) is 35.2 Å². The molecule has 3 aromatic carbocycles. The van der Waals surface area contributed by atoms with Crippen molar-refractivity contribution in [2.45, 2.75) is 62.3 Å². The Hall–Kier alpha value is -5.33. The topological polar surface area (TPSA) is 227 Å². The van der Waals surface area contributed by atoms with E-state index in [1.807, 2.05) is 12.4 Å². The summed E-state index contributed by atoms with van der Waals surface area (Å²) < 4.78 is 24.2. The second kappa shape index (κ2) is 18.8. The number of allylic oxidation sites excluding steroid dienone is 4. The van der Waals surface area contributed by atoms with Crippen LogP contribution in [-0.2, 0) is 14.3 Å². The maximum atomic E-state index is 13.8. The molecule has 14 nitrogen and oxygen atoms in total. The van der Waals surface area contributed by atoms with Gasteiger partial charge in [0.25, 0.3) is 5.91 Å². The Balaban J connectivity index is 1.11. The number of nitrogens with two attached hydrogens (primary N) is 1. The minimum absolute atomic E-state index is 0.00943. The zero-order valence-corrected chi connectivity index (χ0v) is 36.1. The molecular weight excluding hydrogens is 847 g/mol. The number of carbonyl (C=O) groups excluding carboxylic acids is 1. The van der Waals surface area contributed by atoms with Gasteiger partial charge in [-0.3, -0.25) is 9.59 Å². The van der Waals surface area contributed by atoms with Crippen LogP contribution in [0, 0.1) is 11.8 Å². The minimum Gasteiger partial charge on any atom is -0.508 e. The number of carboxylic acids is 1. The van der Waals surface area contributed by atoms with Crippen LogP contribution >= 0.6 is 21.6 Å². The molecule has 330 valence electrons. The summed E-state index contributed by atoms with van der Waals surface area (Å²) in [5, 5.41) is 47.6. The van der Waals surface area contributed by atoms with Crippen LogP contribution in [0.3, 0.4) is 0 Å². The number of nitrogens with one attached hydrogen (secondary N) is 2. The molecule has 0 bridgehead atoms. The number of ether oxygens (including phenoxy) is 3. The van der Waals surface area contributed by atoms with Crippen LogP contribution in [0.25, 0.3) is 27.7 Å². The van der Waals surface area contributed by atoms with E-state index in [-0.39, 0.29) is 58.3 Å². The first-order valence-corrected chi connectivity index (χ1v) is 23.1. The summed E-state index contributed by atoms with van der Waals surface area (Å²) >= 11 is 0. The number of aliphatic carboxylic acids is 1. The second-order valence-corrected chi connectivity index (χ2v) is 18.7. The van der Waals surface area contributed by atoms with Gasteiger partial charge in [-0.15, -0.1) is 0 Å². The van der Waals surface area contributed by atoms with Crippen LogP contribution in [0.1, 0.15) is 59.3 Å². The van der Waals surface area contributed by atoms with Crippen molar-refractivity contribution in [1.82, 2.24) is 10.3 Å². The molecule has 8 rings (SSSR count). The third-order valence-corrected chi connectivity index (χ3v) is 14.4. The number of carbonyl (C=O) groups is 2. The average Bonchev–Trinajstić information content (AvgIpc) is 3.80. The molecule has 5 aromatic rings. The molecule has 1 aliphatic carbocycles. The first-order valence-electron chi connectivity index (χ1n) is 20.7. The first-order chi connectivity index (χ1) is 30.3. The number of aliphatic hydroxyl groups is 2. The van der Waals surface area contributed by atoms with E-state index in [1.165, 1.54) is 70.0 Å². The lowest BCUT2D eigenvalue weighted by Crippen LogP contribution is -2.72. The molecule has 9 atom stereocenters. The SMILES string of the molecule is CC1C=CC(=CCC(C)C2CNCC3(O)C(Oc4ccc5c(=O)c(-c6ccc(O)cc6)c(C(N)=O)oc5c4)OC(C(=O)O)C(O)C3OCSSCC2c2cc[nH]c2)c2ccccc21. The predicted octanol–water partition coefficient (Wildman–Crippen LogP) is 6.38. The lowest BCUT2D eigenvalue weighted by molar-refractivity contribution is -0.316. The van der Waals surface area contributed by atoms with E-state index in [0.29, 0.717) is 18.0 Å². The Labute approximate surface area is 370 Å². The van der Waals surface area contributed by atoms with Crippen LogP contribution in [0.2, 0.25) is 0 Å². The highest BCUT2D eigenvalue weighted by Gasteiger charge is 2.59. The van der Waals surface area contributed by atoms with Crippen molar-refractivity contribution < 1.29 is 48.6 Å². The van der Waals surface area contributed by atoms with Crippen molar-refractivity contribution >= 4 is 50.0 Å². The molecule has 2 fully saturated rings. The highest BCUT2D eigenvalue weighted by atomic mass is 33.1. The average molecular weight is 896 g/mol. The van der Waals surface area contributed by atoms with Crippen LogP contribution in [0.5, 0.6) is 11.5 Å². The van der Waals surface area contributed by atoms with Crippen LogP contribution in [-0.4, -0.2) is 92.3 Å². The van der Waals surface area contributed by atoms with Crippen molar-refractivity contribution in [2.75, 3.05) is 24.8 Å². The number of hydrogen-bond donors (Lipinski definition) is 7. The Morgan fingerprint density at radius 2 is 1.89 bits per heavy atom. The van der Waals surface area contributed by atoms with Gasteiger partial charge in [-0.1, -0.05) is 90.1 Å². The van der Waals surface area contributed by atoms with E-state index in [4.69, 9.17) is 24.4 Å². The molecule has 16 heteroatoms. The molecule has 0 radical (unpaired) electrons. The van der Waals surface area contributed by atoms with Gasteiger partial charge in [-0.05, 0) is 94.8 Å². The number of aromatic nitrogens is 1. The third kappa shape index (κ3) is 9.07. The predicted molar refractivity (Wildman–Crippen MR) is 241 cm³/mol. The Bertz CT molecular complexity index is 2580. The summed E-state index contributed by atoms with van der Waals surface area (Å²) in [6, 6.07) is 20.3. The van der Waals surface area contributed by atoms with Crippen molar-refractivity contribution in [3.05, 3.63) is 136 Å². The van der Waals surface area contributed by atoms with Gasteiger partial charge in [0.15, 0.2) is 11.7 Å². The number of aromatic hydroxyl groups is 1. The van der Waals surface area contributed by atoms with E-state index in [2.05, 4.69) is 72.7 Å². The maximum Gasteiger partial charge on any atom is 0.335 e. The Morgan fingerprint density at radius 3 is 2.63 bits per heavy atom. The summed E-state index contributed by atoms with van der Waals surface area (Å²) in [5.74, 6) is -1.72. The van der Waals surface area contributed by atoms with Gasteiger partial charge in [-0.25, -0.2) is 4.79 Å². The number of amides is 1. The smallest absolute Gasteiger partial charge is 0.335 e. The molecule has 3 aliphatic rings. The Kier molecular flexibility index (Phi) is 13.2. The Morgan fingerprint density at radius 1 is 1.10 bits per heavy atom. The molecule has 0 spiro atoms. The fourth-order valence-electron chi connectivity index (χ4n) is 8.85. The molecule has 2 aliphatic heterocycles. The number of fused-ring (bicyclic) bond motifs is 3. The van der Waals surface area contributed by atoms with Crippen molar-refractivity contribution in [3.8, 4) is 22.6 Å². The minimum atomic E-state index is -2.18. The zero-order valence-electron chi connectivity index (χ0n) is 34.5. The van der Waals surface area contributed by atoms with Crippen LogP contribution in [0.4, 0.5) is 0 Å². The molecule has 9 unspecified atom stereocenters. The van der Waals surface area contributed by atoms with E-state index in [1.54, 1.807) is 10.8 Å². The monoisotopic (exact) mass is 895 g/mol. The number of benzene rings is 3. The quantitative estimate of drug-likeness (QED) is 0.0797. The maximum absolute atomic E-state index is 13.8. The normalized spacial score (nSPS) is 27.7. The second-order valence-electron chi connectivity index (χ2n) is 16.3. The fraction of sp³-hybridized carbons (Fsp3) is 0.340. The number of β-amino-alcohol motifs (C(OH)–C–C–N with tert-alkyl or cyclic N) is 1. The summed E-state index contributed by atoms with van der Waals surface area (Å²) in [7, 11) is 2.98. The number of rotatable bonds is 9. The summed E-state index contributed by atoms with van der Waals surface area (Å²) in [6.07, 6.45) is 4.52. The molecule has 8 N–H and O–H groups in total. The summed E-state index contributed by atoms with van der Waals surface area (Å²) in [5.41, 5.74) is 7.84. The van der Waals surface area contributed by atoms with E-state index < -0.39 is 53.3 Å². The van der Waals surface area contributed by atoms with Crippen molar-refractivity contribution in [1.29, 1.82) is 0 Å². The highest BCUT2D eigenvalue weighted by Crippen LogP contribution is 2.42. The number of aliphatic hydroxyl groups excluding tert-OH is 1. The van der Waals surface area contributed by atoms with Gasteiger partial charge >= 0.3 is 5.97 Å². The van der Waals surface area contributed by atoms with Gasteiger partial charge in [0, 0.05) is 30.8 Å². The number of H-pyrrole nitrogens is 1. The molecule has 2 saturated heterocycles. The third-order valence-electron chi connectivity index (χ3n) is 12.3. The van der Waals surface area contributed by atoms with Gasteiger partial charge in [-0.2, -0.15) is 0 Å². The van der Waals surface area contributed by atoms with Gasteiger partial charge in [0.05, 0.1) is 10.9 Å². The van der Waals surface area contributed by atoms with Gasteiger partial charge in [0.2, 0.25) is 17.5 Å². The number of carboxylic acid groups (broad SMARTS) is 1. The van der Waals surface area contributed by atoms with E-state index >= 15 is 0 Å². The summed E-state index contributed by atoms with van der Waals surface area (Å²) in [6.45, 7) is 4.58. The van der Waals surface area contributed by atoms with Crippen LogP contribution in [0.15, 0.2) is 113 Å². The fourth-order valence-corrected chi connectivity index (χ4v) is 10.9. The largest absolute Gasteiger partial charge is 0.508 e. The number of primary amides is 1. The number of phenols is 1. The number of aromatic amines is 1. The number of hydrogen-bond acceptors (Lipinski definition) is 13. The van der Waals surface area contributed by atoms with Crippen LogP contribution < -0.4 is 21.2 Å². The molecule has 1 amide bonds. The molecule has 63 heavy (non-hydrogen) atoms. The highest BCUT2D eigenvalue weighted by molar-refractivity contribution is 8.76. The van der Waals surface area contributed by atoms with Gasteiger partial charge < -0.3 is 55.1 Å². The van der Waals surface area contributed by atoms with Crippen molar-refractivity contribution in [3.63, 3.8) is 0 Å².